The summed E-state index contributed by atoms with van der Waals surface area (Å²) in [6.07, 6.45) is 5.68. The highest BCUT2D eigenvalue weighted by Crippen LogP contribution is 2.08. The van der Waals surface area contributed by atoms with Crippen LogP contribution in [-0.4, -0.2) is 15.9 Å². The predicted octanol–water partition coefficient (Wildman–Crippen LogP) is 1.90. The Hall–Kier alpha value is -2.10. The van der Waals surface area contributed by atoms with Crippen molar-refractivity contribution < 1.29 is 4.79 Å². The van der Waals surface area contributed by atoms with Crippen molar-refractivity contribution in [3.63, 3.8) is 0 Å². The van der Waals surface area contributed by atoms with E-state index < -0.39 is 0 Å². The zero-order valence-electron chi connectivity index (χ0n) is 9.03. The van der Waals surface area contributed by atoms with Crippen molar-refractivity contribution in [2.75, 3.05) is 5.32 Å². The Labute approximate surface area is 93.7 Å². The minimum Gasteiger partial charge on any atom is -0.367 e. The average Bonchev–Trinajstić information content (AvgIpc) is 2.70. The summed E-state index contributed by atoms with van der Waals surface area (Å²) < 4.78 is 0. The number of rotatable bonds is 3. The molecule has 0 fully saturated rings. The van der Waals surface area contributed by atoms with Crippen LogP contribution in [0.4, 0.5) is 5.69 Å². The molecule has 1 amide bonds. The maximum absolute atomic E-state index is 11.6. The van der Waals surface area contributed by atoms with Gasteiger partial charge in [0, 0.05) is 30.0 Å². The molecule has 0 radical (unpaired) electrons. The lowest BCUT2D eigenvalue weighted by Gasteiger charge is -2.04. The summed E-state index contributed by atoms with van der Waals surface area (Å²) in [6.45, 7) is 1.89. The second kappa shape index (κ2) is 4.61. The predicted molar refractivity (Wildman–Crippen MR) is 62.1 cm³/mol. The van der Waals surface area contributed by atoms with E-state index in [0.717, 1.165) is 16.9 Å². The second-order valence-corrected chi connectivity index (χ2v) is 3.63. The first kappa shape index (κ1) is 10.4. The normalized spacial score (nSPS) is 10.1. The van der Waals surface area contributed by atoms with Crippen molar-refractivity contribution in [2.24, 2.45) is 0 Å². The molecule has 82 valence electrons. The van der Waals surface area contributed by atoms with Crippen LogP contribution in [0.25, 0.3) is 0 Å². The smallest absolute Gasteiger partial charge is 0.228 e. The molecule has 2 aromatic heterocycles. The van der Waals surface area contributed by atoms with Crippen molar-refractivity contribution in [2.45, 2.75) is 13.3 Å². The number of pyridine rings is 1. The Morgan fingerprint density at radius 2 is 2.38 bits per heavy atom. The zero-order valence-corrected chi connectivity index (χ0v) is 9.03. The third-order valence-corrected chi connectivity index (χ3v) is 2.21. The van der Waals surface area contributed by atoms with Crippen molar-refractivity contribution in [1.29, 1.82) is 0 Å². The molecule has 0 saturated carbocycles. The molecule has 0 aromatic carbocycles. The summed E-state index contributed by atoms with van der Waals surface area (Å²) in [5, 5.41) is 2.83. The molecule has 0 aliphatic carbocycles. The summed E-state index contributed by atoms with van der Waals surface area (Å²) in [4.78, 5) is 18.6. The molecule has 0 atom stereocenters. The number of carbonyl (C=O) groups is 1. The number of nitrogens with one attached hydrogen (secondary N) is 2. The van der Waals surface area contributed by atoms with Gasteiger partial charge in [-0.2, -0.15) is 0 Å². The number of aromatic amines is 1. The molecule has 4 nitrogen and oxygen atoms in total. The fourth-order valence-electron chi connectivity index (χ4n) is 1.48. The molecular weight excluding hydrogens is 202 g/mol. The number of H-pyrrole nitrogens is 1. The number of hydrogen-bond acceptors (Lipinski definition) is 2. The molecule has 0 aliphatic heterocycles. The number of amides is 1. The first-order valence-corrected chi connectivity index (χ1v) is 5.08. The van der Waals surface area contributed by atoms with E-state index in [4.69, 9.17) is 0 Å². The molecular formula is C12H13N3O. The van der Waals surface area contributed by atoms with Crippen LogP contribution in [0, 0.1) is 6.92 Å². The van der Waals surface area contributed by atoms with E-state index in [9.17, 15) is 4.79 Å². The summed E-state index contributed by atoms with van der Waals surface area (Å²) in [6, 6.07) is 5.51. The molecule has 0 unspecified atom stereocenters. The molecule has 2 N–H and O–H groups in total. The van der Waals surface area contributed by atoms with Crippen LogP contribution in [0.2, 0.25) is 0 Å². The summed E-state index contributed by atoms with van der Waals surface area (Å²) in [5.41, 5.74) is 2.65. The first-order valence-electron chi connectivity index (χ1n) is 5.08. The summed E-state index contributed by atoms with van der Waals surface area (Å²) in [7, 11) is 0. The van der Waals surface area contributed by atoms with Gasteiger partial charge in [-0.1, -0.05) is 0 Å². The van der Waals surface area contributed by atoms with E-state index in [1.165, 1.54) is 0 Å². The van der Waals surface area contributed by atoms with Gasteiger partial charge in [0.1, 0.15) is 0 Å². The Balaban J connectivity index is 1.97. The molecule has 2 aromatic rings. The average molecular weight is 215 g/mol. The molecule has 2 rings (SSSR count). The van der Waals surface area contributed by atoms with Gasteiger partial charge < -0.3 is 10.3 Å². The van der Waals surface area contributed by atoms with Crippen LogP contribution in [0.1, 0.15) is 11.3 Å². The standard InChI is InChI=1S/C12H13N3O/c1-9-6-11(3-5-14-9)15-12(16)7-10-2-4-13-8-10/h2-6,8,13H,7H2,1H3,(H,14,15,16). The van der Waals surface area contributed by atoms with Crippen molar-refractivity contribution >= 4 is 11.6 Å². The minimum atomic E-state index is -0.0230. The van der Waals surface area contributed by atoms with Gasteiger partial charge in [0.15, 0.2) is 0 Å². The number of hydrogen-bond donors (Lipinski definition) is 2. The van der Waals surface area contributed by atoms with E-state index in [2.05, 4.69) is 15.3 Å². The summed E-state index contributed by atoms with van der Waals surface area (Å²) >= 11 is 0. The van der Waals surface area contributed by atoms with E-state index in [-0.39, 0.29) is 5.91 Å². The van der Waals surface area contributed by atoms with E-state index >= 15 is 0 Å². The summed E-state index contributed by atoms with van der Waals surface area (Å²) in [5.74, 6) is -0.0230. The molecule has 2 heterocycles. The van der Waals surface area contributed by atoms with Crippen molar-refractivity contribution in [3.8, 4) is 0 Å². The first-order chi connectivity index (χ1) is 7.74. The van der Waals surface area contributed by atoms with Crippen LogP contribution in [-0.2, 0) is 11.2 Å². The Morgan fingerprint density at radius 1 is 1.50 bits per heavy atom. The lowest BCUT2D eigenvalue weighted by Crippen LogP contribution is -2.14. The molecule has 0 saturated heterocycles. The lowest BCUT2D eigenvalue weighted by atomic mass is 10.2. The second-order valence-electron chi connectivity index (χ2n) is 3.63. The van der Waals surface area contributed by atoms with Crippen LogP contribution in [0.15, 0.2) is 36.8 Å². The third kappa shape index (κ3) is 2.70. The topological polar surface area (TPSA) is 57.8 Å². The van der Waals surface area contributed by atoms with Gasteiger partial charge in [-0.05, 0) is 30.7 Å². The van der Waals surface area contributed by atoms with Gasteiger partial charge >= 0.3 is 0 Å². The van der Waals surface area contributed by atoms with E-state index in [1.807, 2.05) is 25.3 Å². The van der Waals surface area contributed by atoms with E-state index in [0.29, 0.717) is 6.42 Å². The van der Waals surface area contributed by atoms with Gasteiger partial charge in [0.25, 0.3) is 0 Å². The Kier molecular flexibility index (Phi) is 3.00. The molecule has 16 heavy (non-hydrogen) atoms. The molecule has 0 spiro atoms. The van der Waals surface area contributed by atoms with Gasteiger partial charge in [0.2, 0.25) is 5.91 Å². The number of nitrogens with zero attached hydrogens (tertiary/aromatic N) is 1. The van der Waals surface area contributed by atoms with Crippen molar-refractivity contribution in [3.05, 3.63) is 48.0 Å². The highest BCUT2D eigenvalue weighted by molar-refractivity contribution is 5.92. The third-order valence-electron chi connectivity index (χ3n) is 2.21. The lowest BCUT2D eigenvalue weighted by molar-refractivity contribution is -0.115. The van der Waals surface area contributed by atoms with Gasteiger partial charge in [-0.3, -0.25) is 9.78 Å². The maximum atomic E-state index is 11.6. The SMILES string of the molecule is Cc1cc(NC(=O)Cc2cc[nH]c2)ccn1. The van der Waals surface area contributed by atoms with Crippen LogP contribution in [0.3, 0.4) is 0 Å². The molecule has 0 bridgehead atoms. The number of aryl methyl sites for hydroxylation is 1. The minimum absolute atomic E-state index is 0.0230. The zero-order chi connectivity index (χ0) is 11.4. The van der Waals surface area contributed by atoms with Crippen molar-refractivity contribution in [1.82, 2.24) is 9.97 Å². The van der Waals surface area contributed by atoms with Crippen LogP contribution >= 0.6 is 0 Å². The fraction of sp³-hybridized carbons (Fsp3) is 0.167. The fourth-order valence-corrected chi connectivity index (χ4v) is 1.48. The monoisotopic (exact) mass is 215 g/mol. The quantitative estimate of drug-likeness (QED) is 0.821. The van der Waals surface area contributed by atoms with Crippen LogP contribution in [0.5, 0.6) is 0 Å². The Morgan fingerprint density at radius 3 is 3.06 bits per heavy atom. The Bertz CT molecular complexity index is 477. The highest BCUT2D eigenvalue weighted by atomic mass is 16.1. The largest absolute Gasteiger partial charge is 0.367 e. The maximum Gasteiger partial charge on any atom is 0.228 e. The van der Waals surface area contributed by atoms with Gasteiger partial charge in [-0.15, -0.1) is 0 Å². The number of aromatic nitrogens is 2. The van der Waals surface area contributed by atoms with Gasteiger partial charge in [0.05, 0.1) is 6.42 Å². The number of anilines is 1. The molecule has 0 aliphatic rings. The molecule has 4 heteroatoms. The van der Waals surface area contributed by atoms with Gasteiger partial charge in [-0.25, -0.2) is 0 Å². The van der Waals surface area contributed by atoms with E-state index in [1.54, 1.807) is 18.5 Å². The van der Waals surface area contributed by atoms with Crippen LogP contribution < -0.4 is 5.32 Å². The highest BCUT2D eigenvalue weighted by Gasteiger charge is 2.04. The number of carbonyl (C=O) groups excluding carboxylic acids is 1.